The number of methoxy groups -OCH3 is 1. The van der Waals surface area contributed by atoms with E-state index in [0.717, 1.165) is 11.1 Å². The Hall–Kier alpha value is -3.39. The summed E-state index contributed by atoms with van der Waals surface area (Å²) in [6.45, 7) is 2.52. The minimum absolute atomic E-state index is 0.00288. The highest BCUT2D eigenvalue weighted by atomic mass is 16.5. The van der Waals surface area contributed by atoms with Crippen LogP contribution in [0.15, 0.2) is 48.5 Å². The maximum atomic E-state index is 12.6. The Morgan fingerprint density at radius 1 is 1.06 bits per heavy atom. The van der Waals surface area contributed by atoms with E-state index >= 15 is 0 Å². The van der Waals surface area contributed by atoms with Gasteiger partial charge in [-0.2, -0.15) is 0 Å². The van der Waals surface area contributed by atoms with Gasteiger partial charge in [0.15, 0.2) is 0 Å². The zero-order valence-corrected chi connectivity index (χ0v) is 19.7. The topological polar surface area (TPSA) is 105 Å². The minimum Gasteiger partial charge on any atom is -0.480 e. The van der Waals surface area contributed by atoms with Crippen LogP contribution in [0.25, 0.3) is 11.1 Å². The lowest BCUT2D eigenvalue weighted by Gasteiger charge is -2.24. The van der Waals surface area contributed by atoms with Gasteiger partial charge in [0.05, 0.1) is 6.61 Å². The van der Waals surface area contributed by atoms with Crippen molar-refractivity contribution < 1.29 is 29.0 Å². The van der Waals surface area contributed by atoms with Gasteiger partial charge in [0.25, 0.3) is 0 Å². The summed E-state index contributed by atoms with van der Waals surface area (Å²) >= 11 is 0. The molecule has 3 rings (SSSR count). The molecule has 2 N–H and O–H groups in total. The van der Waals surface area contributed by atoms with Crippen molar-refractivity contribution in [2.75, 3.05) is 40.0 Å². The zero-order chi connectivity index (χ0) is 24.5. The van der Waals surface area contributed by atoms with E-state index in [1.165, 1.54) is 23.1 Å². The first kappa shape index (κ1) is 25.2. The van der Waals surface area contributed by atoms with E-state index in [-0.39, 0.29) is 44.0 Å². The van der Waals surface area contributed by atoms with E-state index in [0.29, 0.717) is 19.4 Å². The van der Waals surface area contributed by atoms with Gasteiger partial charge in [0.1, 0.15) is 13.2 Å². The molecule has 0 spiro atoms. The van der Waals surface area contributed by atoms with E-state index in [9.17, 15) is 14.4 Å². The molecular formula is C26H32N2O6. The number of hydrogen-bond acceptors (Lipinski definition) is 5. The molecular weight excluding hydrogens is 436 g/mol. The van der Waals surface area contributed by atoms with Gasteiger partial charge in [-0.15, -0.1) is 0 Å². The van der Waals surface area contributed by atoms with Crippen molar-refractivity contribution >= 4 is 18.0 Å². The molecule has 0 heterocycles. The number of benzene rings is 2. The van der Waals surface area contributed by atoms with Crippen molar-refractivity contribution in [3.05, 3.63) is 59.7 Å². The number of alkyl carbamates (subject to hydrolysis) is 1. The Kier molecular flexibility index (Phi) is 9.04. The Labute approximate surface area is 199 Å². The smallest absolute Gasteiger partial charge is 0.407 e. The Bertz CT molecular complexity index is 963. The maximum absolute atomic E-state index is 12.6. The molecule has 1 aliphatic carbocycles. The third-order valence-electron chi connectivity index (χ3n) is 6.05. The number of amides is 2. The second kappa shape index (κ2) is 12.2. The normalized spacial score (nSPS) is 13.0. The quantitative estimate of drug-likeness (QED) is 0.462. The lowest BCUT2D eigenvalue weighted by atomic mass is 9.98. The molecule has 8 heteroatoms. The van der Waals surface area contributed by atoms with Gasteiger partial charge in [-0.1, -0.05) is 55.5 Å². The fourth-order valence-electron chi connectivity index (χ4n) is 4.32. The first-order chi connectivity index (χ1) is 16.4. The van der Waals surface area contributed by atoms with E-state index < -0.39 is 12.1 Å². The summed E-state index contributed by atoms with van der Waals surface area (Å²) in [6.07, 6.45) is 0.599. The van der Waals surface area contributed by atoms with E-state index in [1.54, 1.807) is 6.92 Å². The number of ether oxygens (including phenoxy) is 2. The number of carboxylic acid groups (broad SMARTS) is 1. The fourth-order valence-corrected chi connectivity index (χ4v) is 4.32. The number of rotatable bonds is 12. The second-order valence-corrected chi connectivity index (χ2v) is 8.44. The molecule has 1 aliphatic rings. The van der Waals surface area contributed by atoms with Crippen LogP contribution in [0.2, 0.25) is 0 Å². The largest absolute Gasteiger partial charge is 0.480 e. The van der Waals surface area contributed by atoms with Crippen LogP contribution in [0.5, 0.6) is 0 Å². The third kappa shape index (κ3) is 6.35. The number of aliphatic carboxylic acids is 1. The summed E-state index contributed by atoms with van der Waals surface area (Å²) in [5.74, 6) is -1.65. The molecule has 2 amide bonds. The van der Waals surface area contributed by atoms with Gasteiger partial charge in [-0.25, -0.2) is 4.79 Å². The summed E-state index contributed by atoms with van der Waals surface area (Å²) in [6, 6.07) is 16.3. The standard InChI is InChI=1S/C26H32N2O6/c1-18(25(31)28(14-15-33-2)16-24(29)30)8-7-13-27-26(32)34-17-23-21-11-5-3-9-19(21)20-10-4-6-12-22(20)23/h3-6,9-12,18,23H,7-8,13-17H2,1-2H3,(H,27,32)(H,29,30). The highest BCUT2D eigenvalue weighted by Gasteiger charge is 2.29. The molecule has 0 radical (unpaired) electrons. The number of nitrogens with one attached hydrogen (secondary N) is 1. The molecule has 8 nitrogen and oxygen atoms in total. The molecule has 0 saturated carbocycles. The highest BCUT2D eigenvalue weighted by molar-refractivity contribution is 5.83. The predicted octanol–water partition coefficient (Wildman–Crippen LogP) is 3.50. The van der Waals surface area contributed by atoms with Crippen molar-refractivity contribution in [3.8, 4) is 11.1 Å². The monoisotopic (exact) mass is 468 g/mol. The predicted molar refractivity (Wildman–Crippen MR) is 128 cm³/mol. The van der Waals surface area contributed by atoms with E-state index in [2.05, 4.69) is 29.6 Å². The number of carbonyl (C=O) groups is 3. The van der Waals surface area contributed by atoms with Crippen molar-refractivity contribution in [2.45, 2.75) is 25.7 Å². The fraction of sp³-hybridized carbons (Fsp3) is 0.423. The number of carbonyl (C=O) groups excluding carboxylic acids is 2. The SMILES string of the molecule is COCCN(CC(=O)O)C(=O)C(C)CCCNC(=O)OCC1c2ccccc2-c2ccccc21. The molecule has 1 atom stereocenters. The molecule has 0 saturated heterocycles. The molecule has 1 unspecified atom stereocenters. The van der Waals surface area contributed by atoms with Crippen LogP contribution >= 0.6 is 0 Å². The number of nitrogens with zero attached hydrogens (tertiary/aromatic N) is 1. The zero-order valence-electron chi connectivity index (χ0n) is 19.7. The lowest BCUT2D eigenvalue weighted by molar-refractivity contribution is -0.146. The first-order valence-corrected chi connectivity index (χ1v) is 11.5. The van der Waals surface area contributed by atoms with Gasteiger partial charge < -0.3 is 24.8 Å². The van der Waals surface area contributed by atoms with E-state index in [1.807, 2.05) is 24.3 Å². The molecule has 0 aromatic heterocycles. The summed E-state index contributed by atoms with van der Waals surface area (Å²) < 4.78 is 10.5. The summed E-state index contributed by atoms with van der Waals surface area (Å²) in [4.78, 5) is 37.1. The van der Waals surface area contributed by atoms with Crippen LogP contribution < -0.4 is 5.32 Å². The number of carboxylic acids is 1. The molecule has 2 aromatic carbocycles. The third-order valence-corrected chi connectivity index (χ3v) is 6.05. The van der Waals surface area contributed by atoms with Crippen LogP contribution in [0.3, 0.4) is 0 Å². The molecule has 182 valence electrons. The Balaban J connectivity index is 1.43. The van der Waals surface area contributed by atoms with Crippen molar-refractivity contribution in [3.63, 3.8) is 0 Å². The van der Waals surface area contributed by atoms with Gasteiger partial charge >= 0.3 is 12.1 Å². The molecule has 0 fully saturated rings. The highest BCUT2D eigenvalue weighted by Crippen LogP contribution is 2.44. The van der Waals surface area contributed by atoms with Gasteiger partial charge in [0, 0.05) is 32.0 Å². The Morgan fingerprint density at radius 3 is 2.26 bits per heavy atom. The van der Waals surface area contributed by atoms with Crippen molar-refractivity contribution in [1.82, 2.24) is 10.2 Å². The van der Waals surface area contributed by atoms with E-state index in [4.69, 9.17) is 14.6 Å². The van der Waals surface area contributed by atoms with Gasteiger partial charge in [-0.3, -0.25) is 9.59 Å². The maximum Gasteiger partial charge on any atom is 0.407 e. The summed E-state index contributed by atoms with van der Waals surface area (Å²) in [5, 5.41) is 11.8. The molecule has 2 aromatic rings. The number of hydrogen-bond donors (Lipinski definition) is 2. The number of fused-ring (bicyclic) bond motifs is 3. The molecule has 0 aliphatic heterocycles. The lowest BCUT2D eigenvalue weighted by Crippen LogP contribution is -2.41. The average molecular weight is 469 g/mol. The van der Waals surface area contributed by atoms with Crippen LogP contribution in [0.1, 0.15) is 36.8 Å². The van der Waals surface area contributed by atoms with Crippen LogP contribution in [0, 0.1) is 5.92 Å². The molecule has 0 bridgehead atoms. The second-order valence-electron chi connectivity index (χ2n) is 8.44. The van der Waals surface area contributed by atoms with Gasteiger partial charge in [0.2, 0.25) is 5.91 Å². The Morgan fingerprint density at radius 2 is 1.68 bits per heavy atom. The van der Waals surface area contributed by atoms with Crippen molar-refractivity contribution in [2.24, 2.45) is 5.92 Å². The first-order valence-electron chi connectivity index (χ1n) is 11.5. The summed E-state index contributed by atoms with van der Waals surface area (Å²) in [7, 11) is 1.50. The van der Waals surface area contributed by atoms with Crippen molar-refractivity contribution in [1.29, 1.82) is 0 Å². The average Bonchev–Trinajstić information content (AvgIpc) is 3.16. The summed E-state index contributed by atoms with van der Waals surface area (Å²) in [5.41, 5.74) is 4.66. The van der Waals surface area contributed by atoms with Crippen LogP contribution in [0.4, 0.5) is 4.79 Å². The van der Waals surface area contributed by atoms with Gasteiger partial charge in [-0.05, 0) is 35.1 Å². The minimum atomic E-state index is -1.06. The van der Waals surface area contributed by atoms with Crippen LogP contribution in [-0.4, -0.2) is 67.9 Å². The van der Waals surface area contributed by atoms with Crippen LogP contribution in [-0.2, 0) is 19.1 Å². The molecule has 34 heavy (non-hydrogen) atoms.